The Hall–Kier alpha value is -0.890. The van der Waals surface area contributed by atoms with Gasteiger partial charge < -0.3 is 5.32 Å². The summed E-state index contributed by atoms with van der Waals surface area (Å²) in [6, 6.07) is 6.41. The molecule has 1 N–H and O–H groups in total. The van der Waals surface area contributed by atoms with Crippen LogP contribution >= 0.6 is 0 Å². The van der Waals surface area contributed by atoms with Crippen molar-refractivity contribution in [3.05, 3.63) is 30.1 Å². The first-order valence-electron chi connectivity index (χ1n) is 6.54. The minimum Gasteiger partial charge on any atom is -0.316 e. The molecule has 16 heavy (non-hydrogen) atoms. The van der Waals surface area contributed by atoms with Gasteiger partial charge in [-0.3, -0.25) is 4.98 Å². The molecule has 1 atom stereocenters. The molecule has 3 rings (SSSR count). The molecule has 1 saturated heterocycles. The molecule has 0 amide bonds. The van der Waals surface area contributed by atoms with E-state index in [0.717, 1.165) is 5.92 Å². The number of hydrogen-bond acceptors (Lipinski definition) is 2. The summed E-state index contributed by atoms with van der Waals surface area (Å²) in [6.07, 6.45) is 8.74. The van der Waals surface area contributed by atoms with Crippen LogP contribution in [-0.4, -0.2) is 18.1 Å². The van der Waals surface area contributed by atoms with E-state index in [-0.39, 0.29) is 0 Å². The minimum absolute atomic E-state index is 0.394. The largest absolute Gasteiger partial charge is 0.316 e. The third-order valence-electron chi connectivity index (χ3n) is 4.51. The molecule has 1 aliphatic heterocycles. The molecule has 2 fully saturated rings. The van der Waals surface area contributed by atoms with Crippen LogP contribution < -0.4 is 5.32 Å². The van der Waals surface area contributed by atoms with E-state index in [1.807, 2.05) is 12.3 Å². The number of hydrogen-bond donors (Lipinski definition) is 1. The van der Waals surface area contributed by atoms with Gasteiger partial charge in [-0.05, 0) is 50.4 Å². The van der Waals surface area contributed by atoms with Crippen LogP contribution in [0, 0.1) is 5.92 Å². The van der Waals surface area contributed by atoms with E-state index in [2.05, 4.69) is 22.4 Å². The van der Waals surface area contributed by atoms with Gasteiger partial charge >= 0.3 is 0 Å². The van der Waals surface area contributed by atoms with Gasteiger partial charge in [0.1, 0.15) is 0 Å². The highest BCUT2D eigenvalue weighted by molar-refractivity contribution is 5.21. The molecule has 0 radical (unpaired) electrons. The van der Waals surface area contributed by atoms with Crippen LogP contribution in [0.15, 0.2) is 24.4 Å². The lowest BCUT2D eigenvalue weighted by Crippen LogP contribution is -2.34. The van der Waals surface area contributed by atoms with Crippen LogP contribution in [0.1, 0.15) is 37.8 Å². The molecule has 0 spiro atoms. The van der Waals surface area contributed by atoms with Crippen LogP contribution in [0.25, 0.3) is 0 Å². The topological polar surface area (TPSA) is 24.9 Å². The van der Waals surface area contributed by atoms with Crippen molar-refractivity contribution in [3.63, 3.8) is 0 Å². The molecule has 0 aromatic carbocycles. The molecule has 1 saturated carbocycles. The Morgan fingerprint density at radius 2 is 2.12 bits per heavy atom. The number of nitrogens with one attached hydrogen (secondary N) is 1. The van der Waals surface area contributed by atoms with Crippen molar-refractivity contribution < 1.29 is 0 Å². The highest BCUT2D eigenvalue weighted by Crippen LogP contribution is 2.47. The average Bonchev–Trinajstić information content (AvgIpc) is 3.02. The summed E-state index contributed by atoms with van der Waals surface area (Å²) in [5.41, 5.74) is 1.74. The van der Waals surface area contributed by atoms with Gasteiger partial charge in [0.25, 0.3) is 0 Å². The van der Waals surface area contributed by atoms with Gasteiger partial charge in [0.15, 0.2) is 0 Å². The number of nitrogens with zero attached hydrogens (tertiary/aromatic N) is 1. The molecular weight excluding hydrogens is 196 g/mol. The lowest BCUT2D eigenvalue weighted by molar-refractivity contribution is 0.284. The smallest absolute Gasteiger partial charge is 0.0468 e. The van der Waals surface area contributed by atoms with Gasteiger partial charge in [-0.15, -0.1) is 0 Å². The number of aromatic nitrogens is 1. The third kappa shape index (κ3) is 1.56. The van der Waals surface area contributed by atoms with Crippen molar-refractivity contribution in [1.29, 1.82) is 0 Å². The van der Waals surface area contributed by atoms with Crippen LogP contribution in [0.4, 0.5) is 0 Å². The molecule has 2 aliphatic rings. The summed E-state index contributed by atoms with van der Waals surface area (Å²) in [5, 5.41) is 3.52. The fourth-order valence-corrected chi connectivity index (χ4v) is 3.66. The lowest BCUT2D eigenvalue weighted by Gasteiger charge is -2.34. The predicted octanol–water partition coefficient (Wildman–Crippen LogP) is 2.50. The Labute approximate surface area is 97.5 Å². The summed E-state index contributed by atoms with van der Waals surface area (Å²) in [4.78, 5) is 4.65. The monoisotopic (exact) mass is 216 g/mol. The fraction of sp³-hybridized carbons (Fsp3) is 0.643. The van der Waals surface area contributed by atoms with Crippen LogP contribution in [0.5, 0.6) is 0 Å². The zero-order valence-corrected chi connectivity index (χ0v) is 9.78. The molecule has 2 heteroatoms. The van der Waals surface area contributed by atoms with Gasteiger partial charge in [-0.25, -0.2) is 0 Å². The first kappa shape index (κ1) is 10.3. The van der Waals surface area contributed by atoms with E-state index in [9.17, 15) is 0 Å². The van der Waals surface area contributed by atoms with Crippen molar-refractivity contribution in [2.24, 2.45) is 5.92 Å². The van der Waals surface area contributed by atoms with Crippen molar-refractivity contribution >= 4 is 0 Å². The molecule has 1 unspecified atom stereocenters. The van der Waals surface area contributed by atoms with Gasteiger partial charge in [0.2, 0.25) is 0 Å². The maximum atomic E-state index is 4.65. The standard InChI is InChI=1S/C14H20N2/c1-4-9-16-13(5-1)14(7-2-3-8-14)12-6-10-15-11-12/h1,4-5,9,12,15H,2-3,6-8,10-11H2. The summed E-state index contributed by atoms with van der Waals surface area (Å²) in [6.45, 7) is 2.38. The maximum absolute atomic E-state index is 4.65. The normalized spacial score (nSPS) is 28.4. The van der Waals surface area contributed by atoms with E-state index in [4.69, 9.17) is 0 Å². The quantitative estimate of drug-likeness (QED) is 0.821. The van der Waals surface area contributed by atoms with Crippen molar-refractivity contribution in [2.45, 2.75) is 37.5 Å². The molecule has 2 nitrogen and oxygen atoms in total. The van der Waals surface area contributed by atoms with E-state index in [1.54, 1.807) is 0 Å². The highest BCUT2D eigenvalue weighted by atomic mass is 14.9. The molecule has 2 heterocycles. The van der Waals surface area contributed by atoms with Gasteiger partial charge in [-0.1, -0.05) is 18.9 Å². The van der Waals surface area contributed by atoms with Gasteiger partial charge in [0.05, 0.1) is 0 Å². The second kappa shape index (κ2) is 4.17. The first-order valence-corrected chi connectivity index (χ1v) is 6.54. The van der Waals surface area contributed by atoms with E-state index in [0.29, 0.717) is 5.41 Å². The van der Waals surface area contributed by atoms with Gasteiger partial charge in [0, 0.05) is 17.3 Å². The second-order valence-electron chi connectivity index (χ2n) is 5.27. The highest BCUT2D eigenvalue weighted by Gasteiger charge is 2.44. The molecular formula is C14H20N2. The Kier molecular flexibility index (Phi) is 2.68. The molecule has 0 bridgehead atoms. The van der Waals surface area contributed by atoms with E-state index < -0.39 is 0 Å². The Bertz CT molecular complexity index is 335. The van der Waals surface area contributed by atoms with Crippen LogP contribution in [0.2, 0.25) is 0 Å². The molecule has 1 aliphatic carbocycles. The number of rotatable bonds is 2. The Morgan fingerprint density at radius 1 is 1.25 bits per heavy atom. The Morgan fingerprint density at radius 3 is 2.75 bits per heavy atom. The van der Waals surface area contributed by atoms with Crippen molar-refractivity contribution in [1.82, 2.24) is 10.3 Å². The molecule has 1 aromatic heterocycles. The van der Waals surface area contributed by atoms with Gasteiger partial charge in [-0.2, -0.15) is 0 Å². The summed E-state index contributed by atoms with van der Waals surface area (Å²) >= 11 is 0. The fourth-order valence-electron chi connectivity index (χ4n) is 3.66. The maximum Gasteiger partial charge on any atom is 0.0468 e. The lowest BCUT2D eigenvalue weighted by atomic mass is 9.70. The summed E-state index contributed by atoms with van der Waals surface area (Å²) in [5.74, 6) is 0.810. The summed E-state index contributed by atoms with van der Waals surface area (Å²) in [7, 11) is 0. The third-order valence-corrected chi connectivity index (χ3v) is 4.51. The van der Waals surface area contributed by atoms with Crippen LogP contribution in [-0.2, 0) is 5.41 Å². The SMILES string of the molecule is c1ccc(C2(C3CCNC3)CCCC2)nc1. The zero-order valence-electron chi connectivity index (χ0n) is 9.78. The van der Waals surface area contributed by atoms with Crippen molar-refractivity contribution in [3.8, 4) is 0 Å². The molecule has 86 valence electrons. The van der Waals surface area contributed by atoms with Crippen molar-refractivity contribution in [2.75, 3.05) is 13.1 Å². The average molecular weight is 216 g/mol. The zero-order chi connectivity index (χ0) is 10.8. The van der Waals surface area contributed by atoms with E-state index in [1.165, 1.54) is 50.9 Å². The minimum atomic E-state index is 0.394. The second-order valence-corrected chi connectivity index (χ2v) is 5.27. The first-order chi connectivity index (χ1) is 7.92. The number of pyridine rings is 1. The molecule has 1 aromatic rings. The van der Waals surface area contributed by atoms with Crippen LogP contribution in [0.3, 0.4) is 0 Å². The van der Waals surface area contributed by atoms with E-state index >= 15 is 0 Å². The Balaban J connectivity index is 1.96. The predicted molar refractivity (Wildman–Crippen MR) is 65.4 cm³/mol. The summed E-state index contributed by atoms with van der Waals surface area (Å²) < 4.78 is 0.